The average Bonchev–Trinajstić information content (AvgIpc) is 2.97. The van der Waals surface area contributed by atoms with Crippen molar-refractivity contribution in [1.29, 1.82) is 0 Å². The molecule has 23 heavy (non-hydrogen) atoms. The van der Waals surface area contributed by atoms with Gasteiger partial charge < -0.3 is 15.2 Å². The molecule has 0 aliphatic heterocycles. The molecular weight excluding hydrogens is 300 g/mol. The molecule has 122 valence electrons. The van der Waals surface area contributed by atoms with Gasteiger partial charge in [0.05, 0.1) is 18.0 Å². The summed E-state index contributed by atoms with van der Waals surface area (Å²) in [5.74, 6) is -0.925. The van der Waals surface area contributed by atoms with Crippen LogP contribution in [0.5, 0.6) is 5.75 Å². The zero-order valence-corrected chi connectivity index (χ0v) is 12.9. The van der Waals surface area contributed by atoms with Crippen molar-refractivity contribution in [1.82, 2.24) is 20.3 Å². The van der Waals surface area contributed by atoms with E-state index in [0.29, 0.717) is 18.7 Å². The Hall–Kier alpha value is -2.90. The van der Waals surface area contributed by atoms with Gasteiger partial charge in [-0.1, -0.05) is 12.1 Å². The molecule has 2 aromatic rings. The number of amides is 1. The predicted octanol–water partition coefficient (Wildman–Crippen LogP) is 1.04. The number of nitrogens with one attached hydrogen (secondary N) is 1. The molecule has 1 aromatic carbocycles. The second-order valence-corrected chi connectivity index (χ2v) is 4.65. The first-order chi connectivity index (χ1) is 11.1. The van der Waals surface area contributed by atoms with E-state index >= 15 is 0 Å². The summed E-state index contributed by atoms with van der Waals surface area (Å²) in [6, 6.07) is 7.25. The van der Waals surface area contributed by atoms with Gasteiger partial charge in [-0.3, -0.25) is 9.59 Å². The van der Waals surface area contributed by atoms with Gasteiger partial charge in [0.25, 0.3) is 5.91 Å². The van der Waals surface area contributed by atoms with Crippen LogP contribution in [0.15, 0.2) is 24.3 Å². The molecule has 0 unspecified atom stereocenters. The van der Waals surface area contributed by atoms with Crippen molar-refractivity contribution >= 4 is 11.9 Å². The highest BCUT2D eigenvalue weighted by Gasteiger charge is 2.19. The summed E-state index contributed by atoms with van der Waals surface area (Å²) in [4.78, 5) is 22.5. The summed E-state index contributed by atoms with van der Waals surface area (Å²) < 4.78 is 6.95. The molecule has 8 heteroatoms. The van der Waals surface area contributed by atoms with E-state index in [1.165, 1.54) is 0 Å². The Bertz CT molecular complexity index is 694. The van der Waals surface area contributed by atoms with E-state index in [1.807, 2.05) is 38.1 Å². The number of carbonyl (C=O) groups excluding carboxylic acids is 1. The van der Waals surface area contributed by atoms with E-state index in [9.17, 15) is 9.59 Å². The lowest BCUT2D eigenvalue weighted by Crippen LogP contribution is -2.30. The quantitative estimate of drug-likeness (QED) is 0.790. The van der Waals surface area contributed by atoms with Crippen molar-refractivity contribution in [3.63, 3.8) is 0 Å². The Morgan fingerprint density at radius 2 is 1.96 bits per heavy atom. The molecule has 0 radical (unpaired) electrons. The van der Waals surface area contributed by atoms with Gasteiger partial charge in [-0.2, -0.15) is 0 Å². The van der Waals surface area contributed by atoms with Crippen LogP contribution in [0.2, 0.25) is 0 Å². The molecule has 1 amide bonds. The van der Waals surface area contributed by atoms with E-state index < -0.39 is 18.4 Å². The van der Waals surface area contributed by atoms with Crippen molar-refractivity contribution < 1.29 is 19.4 Å². The maximum absolute atomic E-state index is 12.0. The highest BCUT2D eigenvalue weighted by atomic mass is 16.5. The molecule has 2 N–H and O–H groups in total. The summed E-state index contributed by atoms with van der Waals surface area (Å²) >= 11 is 0. The summed E-state index contributed by atoms with van der Waals surface area (Å²) in [5.41, 5.74) is 1.48. The van der Waals surface area contributed by atoms with E-state index in [1.54, 1.807) is 4.68 Å². The third kappa shape index (κ3) is 3.85. The van der Waals surface area contributed by atoms with E-state index in [4.69, 9.17) is 9.84 Å². The monoisotopic (exact) mass is 318 g/mol. The Balaban J connectivity index is 2.26. The van der Waals surface area contributed by atoms with Crippen molar-refractivity contribution in [2.24, 2.45) is 0 Å². The first-order valence-electron chi connectivity index (χ1n) is 7.24. The standard InChI is InChI=1S/C15H18N4O4/c1-3-12-14(15(22)16-9-13(20)21)17-18-19(12)10-5-7-11(8-6-10)23-4-2/h5-8H,3-4,9H2,1-2H3,(H,16,22)(H,20,21). The maximum Gasteiger partial charge on any atom is 0.322 e. The first-order valence-corrected chi connectivity index (χ1v) is 7.24. The predicted molar refractivity (Wildman–Crippen MR) is 81.9 cm³/mol. The maximum atomic E-state index is 12.0. The van der Waals surface area contributed by atoms with Crippen molar-refractivity contribution in [2.45, 2.75) is 20.3 Å². The second kappa shape index (κ2) is 7.39. The fourth-order valence-electron chi connectivity index (χ4n) is 2.09. The highest BCUT2D eigenvalue weighted by molar-refractivity contribution is 5.95. The minimum atomic E-state index is -1.12. The van der Waals surface area contributed by atoms with Crippen LogP contribution in [0.3, 0.4) is 0 Å². The van der Waals surface area contributed by atoms with Gasteiger partial charge in [0.2, 0.25) is 0 Å². The molecule has 0 saturated heterocycles. The normalized spacial score (nSPS) is 10.3. The molecule has 0 aliphatic rings. The summed E-state index contributed by atoms with van der Waals surface area (Å²) in [6.07, 6.45) is 0.524. The Kier molecular flexibility index (Phi) is 5.29. The van der Waals surface area contributed by atoms with Crippen LogP contribution >= 0.6 is 0 Å². The number of benzene rings is 1. The van der Waals surface area contributed by atoms with Gasteiger partial charge in [-0.05, 0) is 37.6 Å². The van der Waals surface area contributed by atoms with Crippen molar-refractivity contribution in [3.05, 3.63) is 35.7 Å². The molecule has 0 bridgehead atoms. The fraction of sp³-hybridized carbons (Fsp3) is 0.333. The lowest BCUT2D eigenvalue weighted by Gasteiger charge is -2.07. The number of aliphatic carboxylic acids is 1. The topological polar surface area (TPSA) is 106 Å². The van der Waals surface area contributed by atoms with Crippen LogP contribution in [0.1, 0.15) is 30.0 Å². The SMILES string of the molecule is CCOc1ccc(-n2nnc(C(=O)NCC(=O)O)c2CC)cc1. The fourth-order valence-corrected chi connectivity index (χ4v) is 2.09. The summed E-state index contributed by atoms with van der Waals surface area (Å²) in [6.45, 7) is 3.90. The van der Waals surface area contributed by atoms with E-state index in [0.717, 1.165) is 11.4 Å². The molecule has 8 nitrogen and oxygen atoms in total. The number of carbonyl (C=O) groups is 2. The molecular formula is C15H18N4O4. The van der Waals surface area contributed by atoms with E-state index in [-0.39, 0.29) is 5.69 Å². The van der Waals surface area contributed by atoms with Gasteiger partial charge >= 0.3 is 5.97 Å². The van der Waals surface area contributed by atoms with Crippen LogP contribution in [0.4, 0.5) is 0 Å². The van der Waals surface area contributed by atoms with Gasteiger partial charge in [-0.15, -0.1) is 5.10 Å². The number of ether oxygens (including phenoxy) is 1. The van der Waals surface area contributed by atoms with Crippen LogP contribution in [0.25, 0.3) is 5.69 Å². The molecule has 0 saturated carbocycles. The molecule has 0 spiro atoms. The summed E-state index contributed by atoms with van der Waals surface area (Å²) in [5, 5.41) is 18.8. The molecule has 1 heterocycles. The molecule has 1 aromatic heterocycles. The Labute approximate surface area is 133 Å². The molecule has 0 aliphatic carbocycles. The smallest absolute Gasteiger partial charge is 0.322 e. The Morgan fingerprint density at radius 1 is 1.26 bits per heavy atom. The van der Waals surface area contributed by atoms with Gasteiger partial charge in [-0.25, -0.2) is 4.68 Å². The van der Waals surface area contributed by atoms with Crippen molar-refractivity contribution in [2.75, 3.05) is 13.2 Å². The van der Waals surface area contributed by atoms with Gasteiger partial charge in [0, 0.05) is 0 Å². The minimum absolute atomic E-state index is 0.127. The highest BCUT2D eigenvalue weighted by Crippen LogP contribution is 2.18. The zero-order chi connectivity index (χ0) is 16.8. The third-order valence-electron chi connectivity index (χ3n) is 3.11. The third-order valence-corrected chi connectivity index (χ3v) is 3.11. The number of hydrogen-bond donors (Lipinski definition) is 2. The summed E-state index contributed by atoms with van der Waals surface area (Å²) in [7, 11) is 0. The number of rotatable bonds is 7. The molecule has 2 rings (SSSR count). The number of nitrogens with zero attached hydrogens (tertiary/aromatic N) is 3. The number of aromatic nitrogens is 3. The Morgan fingerprint density at radius 3 is 2.52 bits per heavy atom. The molecule has 0 fully saturated rings. The van der Waals surface area contributed by atoms with E-state index in [2.05, 4.69) is 15.6 Å². The molecule has 0 atom stereocenters. The average molecular weight is 318 g/mol. The van der Waals surface area contributed by atoms with Gasteiger partial charge in [0.15, 0.2) is 5.69 Å². The minimum Gasteiger partial charge on any atom is -0.494 e. The zero-order valence-electron chi connectivity index (χ0n) is 12.9. The largest absolute Gasteiger partial charge is 0.494 e. The van der Waals surface area contributed by atoms with Crippen LogP contribution in [-0.4, -0.2) is 45.1 Å². The van der Waals surface area contributed by atoms with Gasteiger partial charge in [0.1, 0.15) is 12.3 Å². The van der Waals surface area contributed by atoms with Crippen LogP contribution in [-0.2, 0) is 11.2 Å². The van der Waals surface area contributed by atoms with Crippen molar-refractivity contribution in [3.8, 4) is 11.4 Å². The van der Waals surface area contributed by atoms with Crippen LogP contribution in [0, 0.1) is 0 Å². The van der Waals surface area contributed by atoms with Crippen LogP contribution < -0.4 is 10.1 Å². The number of carboxylic acids is 1. The number of hydrogen-bond acceptors (Lipinski definition) is 5. The number of carboxylic acid groups (broad SMARTS) is 1. The first kappa shape index (κ1) is 16.5. The lowest BCUT2D eigenvalue weighted by atomic mass is 10.2. The lowest BCUT2D eigenvalue weighted by molar-refractivity contribution is -0.135. The second-order valence-electron chi connectivity index (χ2n) is 4.65.